The largest absolute Gasteiger partial charge is 0.355 e. The van der Waals surface area contributed by atoms with Gasteiger partial charge in [-0.15, -0.1) is 11.3 Å². The highest BCUT2D eigenvalue weighted by Gasteiger charge is 2.28. The zero-order chi connectivity index (χ0) is 20.6. The summed E-state index contributed by atoms with van der Waals surface area (Å²) < 4.78 is 26.7. The Morgan fingerprint density at radius 1 is 1.00 bits per heavy atom. The van der Waals surface area contributed by atoms with Gasteiger partial charge in [-0.25, -0.2) is 8.42 Å². The molecule has 1 aromatic heterocycles. The van der Waals surface area contributed by atoms with E-state index < -0.39 is 10.0 Å². The normalized spacial score (nSPS) is 16.6. The maximum absolute atomic E-state index is 12.7. The highest BCUT2D eigenvalue weighted by molar-refractivity contribution is 7.89. The molecule has 154 valence electrons. The van der Waals surface area contributed by atoms with Crippen LogP contribution in [0, 0.1) is 0 Å². The highest BCUT2D eigenvalue weighted by Crippen LogP contribution is 2.39. The lowest BCUT2D eigenvalue weighted by atomic mass is 10.1. The Morgan fingerprint density at radius 3 is 2.34 bits per heavy atom. The summed E-state index contributed by atoms with van der Waals surface area (Å²) in [6, 6.07) is 5.96. The van der Waals surface area contributed by atoms with Gasteiger partial charge in [0.2, 0.25) is 10.0 Å². The molecule has 2 N–H and O–H groups in total. The molecule has 2 aromatic rings. The molecule has 2 amide bonds. The van der Waals surface area contributed by atoms with E-state index >= 15 is 0 Å². The standard InChI is InChI=1S/C20H23N3O4S2/c1-21-19(25)17-15-5-4-6-16(15)28-20(17)22-18(24)13-7-9-14(10-8-13)29(26,27)23-11-2-3-12-23/h7-10H,2-6,11-12H2,1H3,(H,21,25)(H,22,24). The number of benzene rings is 1. The van der Waals surface area contributed by atoms with Crippen LogP contribution in [0.4, 0.5) is 5.00 Å². The van der Waals surface area contributed by atoms with Gasteiger partial charge in [-0.3, -0.25) is 9.59 Å². The summed E-state index contributed by atoms with van der Waals surface area (Å²) in [4.78, 5) is 26.4. The lowest BCUT2D eigenvalue weighted by Gasteiger charge is -2.15. The van der Waals surface area contributed by atoms with E-state index in [0.29, 0.717) is 29.2 Å². The fourth-order valence-corrected chi connectivity index (χ4v) is 6.69. The van der Waals surface area contributed by atoms with Crippen LogP contribution in [0.1, 0.15) is 50.4 Å². The molecule has 2 aliphatic rings. The number of anilines is 1. The van der Waals surface area contributed by atoms with Gasteiger partial charge in [0, 0.05) is 30.6 Å². The minimum Gasteiger partial charge on any atom is -0.355 e. The van der Waals surface area contributed by atoms with Gasteiger partial charge in [0.15, 0.2) is 0 Å². The van der Waals surface area contributed by atoms with E-state index in [9.17, 15) is 18.0 Å². The molecule has 0 saturated carbocycles. The number of carbonyl (C=O) groups is 2. The van der Waals surface area contributed by atoms with Gasteiger partial charge in [-0.2, -0.15) is 4.31 Å². The average molecular weight is 434 g/mol. The summed E-state index contributed by atoms with van der Waals surface area (Å²) in [5, 5.41) is 6.04. The van der Waals surface area contributed by atoms with E-state index in [1.165, 1.54) is 39.9 Å². The number of hydrogen-bond donors (Lipinski definition) is 2. The molecule has 2 heterocycles. The fourth-order valence-electron chi connectivity index (χ4n) is 3.89. The van der Waals surface area contributed by atoms with Crippen LogP contribution < -0.4 is 10.6 Å². The highest BCUT2D eigenvalue weighted by atomic mass is 32.2. The lowest BCUT2D eigenvalue weighted by molar-refractivity contribution is 0.0963. The Labute approximate surface area is 174 Å². The number of thiophene rings is 1. The number of sulfonamides is 1. The SMILES string of the molecule is CNC(=O)c1c(NC(=O)c2ccc(S(=O)(=O)N3CCCC3)cc2)sc2c1CCC2. The number of nitrogens with one attached hydrogen (secondary N) is 2. The van der Waals surface area contributed by atoms with Crippen LogP contribution in [-0.2, 0) is 22.9 Å². The zero-order valence-electron chi connectivity index (χ0n) is 16.2. The monoisotopic (exact) mass is 433 g/mol. The van der Waals surface area contributed by atoms with Crippen molar-refractivity contribution in [1.29, 1.82) is 0 Å². The molecule has 4 rings (SSSR count). The van der Waals surface area contributed by atoms with Crippen molar-refractivity contribution in [3.63, 3.8) is 0 Å². The van der Waals surface area contributed by atoms with Gasteiger partial charge in [-0.1, -0.05) is 0 Å². The Morgan fingerprint density at radius 2 is 1.69 bits per heavy atom. The van der Waals surface area contributed by atoms with Gasteiger partial charge in [0.1, 0.15) is 5.00 Å². The second kappa shape index (κ2) is 7.89. The Kier molecular flexibility index (Phi) is 5.46. The lowest BCUT2D eigenvalue weighted by Crippen LogP contribution is -2.27. The maximum atomic E-state index is 12.7. The van der Waals surface area contributed by atoms with Gasteiger partial charge in [-0.05, 0) is 61.9 Å². The number of nitrogens with zero attached hydrogens (tertiary/aromatic N) is 1. The van der Waals surface area contributed by atoms with Crippen molar-refractivity contribution in [3.05, 3.63) is 45.8 Å². The predicted molar refractivity (Wildman–Crippen MR) is 112 cm³/mol. The molecule has 1 saturated heterocycles. The van der Waals surface area contributed by atoms with Crippen LogP contribution in [0.25, 0.3) is 0 Å². The first-order chi connectivity index (χ1) is 13.9. The number of rotatable bonds is 5. The molecule has 0 unspecified atom stereocenters. The Hall–Kier alpha value is -2.23. The molecule has 1 aliphatic carbocycles. The van der Waals surface area contributed by atoms with E-state index in [0.717, 1.165) is 42.5 Å². The van der Waals surface area contributed by atoms with Gasteiger partial charge >= 0.3 is 0 Å². The Bertz CT molecular complexity index is 1050. The molecule has 1 fully saturated rings. The summed E-state index contributed by atoms with van der Waals surface area (Å²) in [6.45, 7) is 1.08. The molecular formula is C20H23N3O4S2. The van der Waals surface area contributed by atoms with E-state index in [2.05, 4.69) is 10.6 Å². The van der Waals surface area contributed by atoms with Crippen LogP contribution in [0.3, 0.4) is 0 Å². The number of fused-ring (bicyclic) bond motifs is 1. The summed E-state index contributed by atoms with van der Waals surface area (Å²) in [6.07, 6.45) is 4.53. The van der Waals surface area contributed by atoms with Crippen molar-refractivity contribution >= 4 is 38.2 Å². The van der Waals surface area contributed by atoms with Gasteiger partial charge < -0.3 is 10.6 Å². The molecule has 9 heteroatoms. The third-order valence-corrected chi connectivity index (χ3v) is 8.54. The zero-order valence-corrected chi connectivity index (χ0v) is 17.8. The number of hydrogen-bond acceptors (Lipinski definition) is 5. The number of amides is 2. The molecular weight excluding hydrogens is 410 g/mol. The molecule has 1 aliphatic heterocycles. The molecule has 29 heavy (non-hydrogen) atoms. The van der Waals surface area contributed by atoms with Gasteiger partial charge in [0.05, 0.1) is 10.5 Å². The van der Waals surface area contributed by atoms with Crippen molar-refractivity contribution in [1.82, 2.24) is 9.62 Å². The molecule has 0 spiro atoms. The van der Waals surface area contributed by atoms with Crippen LogP contribution in [0.5, 0.6) is 0 Å². The van der Waals surface area contributed by atoms with Crippen LogP contribution in [-0.4, -0.2) is 44.7 Å². The summed E-state index contributed by atoms with van der Waals surface area (Å²) in [5.41, 5.74) is 1.92. The van der Waals surface area contributed by atoms with Gasteiger partial charge in [0.25, 0.3) is 11.8 Å². The average Bonchev–Trinajstić information content (AvgIpc) is 3.45. The summed E-state index contributed by atoms with van der Waals surface area (Å²) in [7, 11) is -1.93. The van der Waals surface area contributed by atoms with E-state index in [1.807, 2.05) is 0 Å². The van der Waals surface area contributed by atoms with Crippen molar-refractivity contribution in [3.8, 4) is 0 Å². The molecule has 1 aromatic carbocycles. The first kappa shape index (κ1) is 20.1. The van der Waals surface area contributed by atoms with Crippen molar-refractivity contribution < 1.29 is 18.0 Å². The maximum Gasteiger partial charge on any atom is 0.256 e. The molecule has 7 nitrogen and oxygen atoms in total. The van der Waals surface area contributed by atoms with Crippen molar-refractivity contribution in [2.75, 3.05) is 25.5 Å². The van der Waals surface area contributed by atoms with E-state index in [1.54, 1.807) is 7.05 Å². The van der Waals surface area contributed by atoms with Crippen LogP contribution in [0.15, 0.2) is 29.2 Å². The minimum atomic E-state index is -3.51. The van der Waals surface area contributed by atoms with E-state index in [4.69, 9.17) is 0 Å². The second-order valence-corrected chi connectivity index (χ2v) is 10.3. The third-order valence-electron chi connectivity index (χ3n) is 5.42. The summed E-state index contributed by atoms with van der Waals surface area (Å²) >= 11 is 1.44. The molecule has 0 radical (unpaired) electrons. The Balaban J connectivity index is 1.55. The fraction of sp³-hybridized carbons (Fsp3) is 0.400. The van der Waals surface area contributed by atoms with Crippen LogP contribution >= 0.6 is 11.3 Å². The molecule has 0 atom stereocenters. The van der Waals surface area contributed by atoms with Crippen molar-refractivity contribution in [2.24, 2.45) is 0 Å². The minimum absolute atomic E-state index is 0.192. The first-order valence-electron chi connectivity index (χ1n) is 9.70. The number of aryl methyl sites for hydroxylation is 1. The number of carbonyl (C=O) groups excluding carboxylic acids is 2. The smallest absolute Gasteiger partial charge is 0.256 e. The van der Waals surface area contributed by atoms with Crippen LogP contribution in [0.2, 0.25) is 0 Å². The molecule has 0 bridgehead atoms. The quantitative estimate of drug-likeness (QED) is 0.758. The topological polar surface area (TPSA) is 95.6 Å². The summed E-state index contributed by atoms with van der Waals surface area (Å²) in [5.74, 6) is -0.563. The third kappa shape index (κ3) is 3.70. The predicted octanol–water partition coefficient (Wildman–Crippen LogP) is 2.63. The second-order valence-electron chi connectivity index (χ2n) is 7.23. The first-order valence-corrected chi connectivity index (χ1v) is 12.0. The van der Waals surface area contributed by atoms with Crippen molar-refractivity contribution in [2.45, 2.75) is 37.0 Å². The van der Waals surface area contributed by atoms with E-state index in [-0.39, 0.29) is 16.7 Å².